The van der Waals surface area contributed by atoms with Crippen molar-refractivity contribution in [3.63, 3.8) is 0 Å². The van der Waals surface area contributed by atoms with E-state index in [1.165, 1.54) is 12.7 Å². The number of benzene rings is 1. The van der Waals surface area contributed by atoms with E-state index in [0.717, 1.165) is 24.8 Å². The zero-order valence-corrected chi connectivity index (χ0v) is 12.5. The lowest BCUT2D eigenvalue weighted by Gasteiger charge is -2.35. The fraction of sp³-hybridized carbons (Fsp3) is 0.500. The smallest absolute Gasteiger partial charge is 0.311 e. The van der Waals surface area contributed by atoms with E-state index < -0.39 is 0 Å². The number of carbonyl (C=O) groups excluding carboxylic acids is 1. The Morgan fingerprint density at radius 2 is 2.05 bits per heavy atom. The van der Waals surface area contributed by atoms with Crippen LogP contribution in [0.4, 0.5) is 0 Å². The van der Waals surface area contributed by atoms with Gasteiger partial charge in [-0.15, -0.1) is 5.92 Å². The minimum absolute atomic E-state index is 0.0105. The lowest BCUT2D eigenvalue weighted by atomic mass is 9.79. The summed E-state index contributed by atoms with van der Waals surface area (Å²) >= 11 is 0. The molecule has 0 amide bonds. The van der Waals surface area contributed by atoms with Gasteiger partial charge in [-0.2, -0.15) is 0 Å². The predicted octanol–water partition coefficient (Wildman–Crippen LogP) is 2.88. The van der Waals surface area contributed by atoms with E-state index in [0.29, 0.717) is 0 Å². The van der Waals surface area contributed by atoms with Gasteiger partial charge in [0.05, 0.1) is 25.2 Å². The largest absolute Gasteiger partial charge is 0.469 e. The van der Waals surface area contributed by atoms with Gasteiger partial charge in [-0.1, -0.05) is 18.1 Å². The number of ether oxygens (including phenoxy) is 2. The molecular weight excluding hydrogens is 264 g/mol. The first-order valence-corrected chi connectivity index (χ1v) is 7.49. The van der Waals surface area contributed by atoms with Crippen molar-refractivity contribution in [2.45, 2.75) is 44.3 Å². The number of hydrogen-bond acceptors (Lipinski definition) is 3. The number of methoxy groups -OCH3 is 1. The highest BCUT2D eigenvalue weighted by Crippen LogP contribution is 2.45. The molecule has 0 aromatic heterocycles. The van der Waals surface area contributed by atoms with Gasteiger partial charge in [0.15, 0.2) is 0 Å². The second-order valence-corrected chi connectivity index (χ2v) is 5.76. The van der Waals surface area contributed by atoms with Gasteiger partial charge in [-0.3, -0.25) is 4.79 Å². The van der Waals surface area contributed by atoms with E-state index in [4.69, 9.17) is 9.47 Å². The molecule has 1 aromatic carbocycles. The molecule has 4 atom stereocenters. The quantitative estimate of drug-likeness (QED) is 0.619. The normalized spacial score (nSPS) is 30.4. The molecule has 1 aromatic rings. The Hall–Kier alpha value is -1.79. The van der Waals surface area contributed by atoms with Gasteiger partial charge in [0, 0.05) is 11.5 Å². The highest BCUT2D eigenvalue weighted by molar-refractivity contribution is 5.74. The maximum Gasteiger partial charge on any atom is 0.311 e. The third-order valence-corrected chi connectivity index (χ3v) is 4.57. The molecule has 2 aliphatic heterocycles. The average Bonchev–Trinajstić information content (AvgIpc) is 2.89. The number of hydrogen-bond donors (Lipinski definition) is 0. The van der Waals surface area contributed by atoms with Gasteiger partial charge in [0.1, 0.15) is 0 Å². The van der Waals surface area contributed by atoms with Crippen LogP contribution in [0.3, 0.4) is 0 Å². The van der Waals surface area contributed by atoms with Crippen LogP contribution in [-0.2, 0) is 14.3 Å². The van der Waals surface area contributed by atoms with Crippen molar-refractivity contribution >= 4 is 5.97 Å². The Labute approximate surface area is 125 Å². The summed E-state index contributed by atoms with van der Waals surface area (Å²) in [6.45, 7) is 1.83. The molecule has 0 radical (unpaired) electrons. The predicted molar refractivity (Wildman–Crippen MR) is 79.8 cm³/mol. The number of carbonyl (C=O) groups is 1. The first-order chi connectivity index (χ1) is 10.2. The summed E-state index contributed by atoms with van der Waals surface area (Å²) in [5.41, 5.74) is 2.19. The summed E-state index contributed by atoms with van der Waals surface area (Å²) in [7, 11) is 1.46. The first kappa shape index (κ1) is 14.2. The number of rotatable bonds is 2. The van der Waals surface area contributed by atoms with E-state index in [1.807, 2.05) is 19.1 Å². The number of esters is 1. The van der Waals surface area contributed by atoms with E-state index in [-0.39, 0.29) is 30.0 Å². The Morgan fingerprint density at radius 3 is 2.71 bits per heavy atom. The summed E-state index contributed by atoms with van der Waals surface area (Å²) in [4.78, 5) is 12.2. The van der Waals surface area contributed by atoms with Gasteiger partial charge >= 0.3 is 5.97 Å². The van der Waals surface area contributed by atoms with Gasteiger partial charge in [0.25, 0.3) is 0 Å². The van der Waals surface area contributed by atoms with Crippen LogP contribution in [0.25, 0.3) is 0 Å². The third-order valence-electron chi connectivity index (χ3n) is 4.57. The zero-order chi connectivity index (χ0) is 14.8. The van der Waals surface area contributed by atoms with E-state index in [9.17, 15) is 4.79 Å². The molecule has 0 saturated carbocycles. The monoisotopic (exact) mass is 284 g/mol. The second-order valence-electron chi connectivity index (χ2n) is 5.76. The highest BCUT2D eigenvalue weighted by atomic mass is 16.5. The fourth-order valence-corrected chi connectivity index (χ4v) is 3.61. The lowest BCUT2D eigenvalue weighted by molar-refractivity contribution is -0.156. The molecule has 2 heterocycles. The molecule has 2 saturated heterocycles. The summed E-state index contributed by atoms with van der Waals surface area (Å²) in [5.74, 6) is 5.80. The van der Waals surface area contributed by atoms with Crippen LogP contribution in [0.1, 0.15) is 43.2 Å². The standard InChI is InChI=1S/C18H20O3/c1-3-4-12-5-7-13(8-6-12)15-11-14-9-10-16(21-14)17(15)18(19)20-2/h5-8,14-17H,9-11H2,1-2H3/t14?,15-,16?,17+/m1/s1. The Balaban J connectivity index is 1.90. The molecule has 3 nitrogen and oxygen atoms in total. The first-order valence-electron chi connectivity index (χ1n) is 7.49. The lowest BCUT2D eigenvalue weighted by Crippen LogP contribution is -2.39. The zero-order valence-electron chi connectivity index (χ0n) is 12.5. The number of fused-ring (bicyclic) bond motifs is 2. The minimum Gasteiger partial charge on any atom is -0.469 e. The molecule has 2 aliphatic rings. The van der Waals surface area contributed by atoms with Gasteiger partial charge in [-0.25, -0.2) is 0 Å². The summed E-state index contributed by atoms with van der Waals surface area (Å²) in [6.07, 6.45) is 3.20. The highest BCUT2D eigenvalue weighted by Gasteiger charge is 2.47. The van der Waals surface area contributed by atoms with Crippen LogP contribution in [0, 0.1) is 17.8 Å². The van der Waals surface area contributed by atoms with Gasteiger partial charge < -0.3 is 9.47 Å². The van der Waals surface area contributed by atoms with Crippen molar-refractivity contribution in [1.29, 1.82) is 0 Å². The molecule has 3 rings (SSSR count). The Bertz CT molecular complexity index is 579. The van der Waals surface area contributed by atoms with Crippen LogP contribution < -0.4 is 0 Å². The molecule has 0 N–H and O–H groups in total. The summed E-state index contributed by atoms with van der Waals surface area (Å²) in [6, 6.07) is 8.23. The molecule has 2 bridgehead atoms. The molecule has 2 unspecified atom stereocenters. The van der Waals surface area contributed by atoms with Gasteiger partial charge in [-0.05, 0) is 43.9 Å². The van der Waals surface area contributed by atoms with Crippen LogP contribution in [0.5, 0.6) is 0 Å². The van der Waals surface area contributed by atoms with E-state index in [2.05, 4.69) is 24.0 Å². The minimum atomic E-state index is -0.183. The van der Waals surface area contributed by atoms with Crippen LogP contribution in [0.15, 0.2) is 24.3 Å². The van der Waals surface area contributed by atoms with Crippen molar-refractivity contribution in [3.05, 3.63) is 35.4 Å². The maximum absolute atomic E-state index is 12.2. The van der Waals surface area contributed by atoms with E-state index in [1.54, 1.807) is 0 Å². The SMILES string of the molecule is CC#Cc1ccc([C@H]2CC3CCC(O3)[C@H]2C(=O)OC)cc1. The molecule has 110 valence electrons. The van der Waals surface area contributed by atoms with Crippen molar-refractivity contribution in [1.82, 2.24) is 0 Å². The van der Waals surface area contributed by atoms with Crippen molar-refractivity contribution < 1.29 is 14.3 Å². The second kappa shape index (κ2) is 5.91. The van der Waals surface area contributed by atoms with Crippen LogP contribution in [0.2, 0.25) is 0 Å². The Kier molecular flexibility index (Phi) is 3.98. The Morgan fingerprint density at radius 1 is 1.29 bits per heavy atom. The summed E-state index contributed by atoms with van der Waals surface area (Å²) in [5, 5.41) is 0. The van der Waals surface area contributed by atoms with Crippen molar-refractivity contribution in [3.8, 4) is 11.8 Å². The van der Waals surface area contributed by atoms with Gasteiger partial charge in [0.2, 0.25) is 0 Å². The third kappa shape index (κ3) is 2.69. The van der Waals surface area contributed by atoms with Crippen molar-refractivity contribution in [2.75, 3.05) is 7.11 Å². The van der Waals surface area contributed by atoms with Crippen LogP contribution in [-0.4, -0.2) is 25.3 Å². The maximum atomic E-state index is 12.2. The molecule has 2 fully saturated rings. The molecule has 21 heavy (non-hydrogen) atoms. The van der Waals surface area contributed by atoms with Crippen LogP contribution >= 0.6 is 0 Å². The van der Waals surface area contributed by atoms with Crippen molar-refractivity contribution in [2.24, 2.45) is 5.92 Å². The molecule has 0 aliphatic carbocycles. The topological polar surface area (TPSA) is 35.5 Å². The molecule has 3 heteroatoms. The molecule has 0 spiro atoms. The van der Waals surface area contributed by atoms with E-state index >= 15 is 0 Å². The summed E-state index contributed by atoms with van der Waals surface area (Å²) < 4.78 is 10.9. The average molecular weight is 284 g/mol. The fourth-order valence-electron chi connectivity index (χ4n) is 3.61. The molecular formula is C18H20O3.